The predicted molar refractivity (Wildman–Crippen MR) is 42.9 cm³/mol. The number of carbonyl (C=O) groups is 1. The third-order valence-electron chi connectivity index (χ3n) is 1.48. The number of aldehydes is 1. The maximum Gasteiger partial charge on any atom is 0.165 e. The monoisotopic (exact) mass is 186 g/mol. The average Bonchev–Trinajstić information content (AvgIpc) is 2.11. The van der Waals surface area contributed by atoms with Crippen molar-refractivity contribution in [3.05, 3.63) is 29.3 Å². The first-order chi connectivity index (χ1) is 6.19. The SMILES string of the molecule is CCOc1cc(F)c(C=O)cc1F. The Morgan fingerprint density at radius 2 is 2.08 bits per heavy atom. The van der Waals surface area contributed by atoms with Gasteiger partial charge in [-0.2, -0.15) is 0 Å². The Morgan fingerprint density at radius 1 is 1.38 bits per heavy atom. The van der Waals surface area contributed by atoms with E-state index in [2.05, 4.69) is 0 Å². The molecule has 0 N–H and O–H groups in total. The fourth-order valence-electron chi connectivity index (χ4n) is 0.900. The van der Waals surface area contributed by atoms with Gasteiger partial charge in [0.05, 0.1) is 12.2 Å². The zero-order valence-corrected chi connectivity index (χ0v) is 7.01. The van der Waals surface area contributed by atoms with Gasteiger partial charge in [-0.15, -0.1) is 0 Å². The molecule has 0 bridgehead atoms. The lowest BCUT2D eigenvalue weighted by molar-refractivity contribution is 0.111. The van der Waals surface area contributed by atoms with Gasteiger partial charge in [0.1, 0.15) is 5.82 Å². The van der Waals surface area contributed by atoms with Crippen molar-refractivity contribution in [1.82, 2.24) is 0 Å². The molecule has 0 saturated carbocycles. The highest BCUT2D eigenvalue weighted by Crippen LogP contribution is 2.20. The number of rotatable bonds is 3. The van der Waals surface area contributed by atoms with Crippen LogP contribution in [0, 0.1) is 11.6 Å². The Hall–Kier alpha value is -1.45. The molecule has 13 heavy (non-hydrogen) atoms. The van der Waals surface area contributed by atoms with Gasteiger partial charge in [-0.05, 0) is 13.0 Å². The van der Waals surface area contributed by atoms with Gasteiger partial charge in [-0.3, -0.25) is 4.79 Å². The molecule has 0 amide bonds. The van der Waals surface area contributed by atoms with E-state index in [-0.39, 0.29) is 24.2 Å². The van der Waals surface area contributed by atoms with Crippen LogP contribution >= 0.6 is 0 Å². The Balaban J connectivity index is 3.12. The third-order valence-corrected chi connectivity index (χ3v) is 1.48. The van der Waals surface area contributed by atoms with Gasteiger partial charge in [0.15, 0.2) is 17.9 Å². The molecule has 1 aromatic rings. The zero-order chi connectivity index (χ0) is 9.84. The lowest BCUT2D eigenvalue weighted by atomic mass is 10.2. The number of hydrogen-bond donors (Lipinski definition) is 0. The van der Waals surface area contributed by atoms with E-state index in [1.54, 1.807) is 6.92 Å². The van der Waals surface area contributed by atoms with Crippen LogP contribution in [0.15, 0.2) is 12.1 Å². The summed E-state index contributed by atoms with van der Waals surface area (Å²) in [5, 5.41) is 0. The van der Waals surface area contributed by atoms with Crippen LogP contribution in [-0.2, 0) is 0 Å². The fraction of sp³-hybridized carbons (Fsp3) is 0.222. The second kappa shape index (κ2) is 3.98. The van der Waals surface area contributed by atoms with Gasteiger partial charge in [0, 0.05) is 6.07 Å². The highest BCUT2D eigenvalue weighted by atomic mass is 19.1. The standard InChI is InChI=1S/C9H8F2O2/c1-2-13-9-4-7(10)6(5-12)3-8(9)11/h3-5H,2H2,1H3. The molecular weight excluding hydrogens is 178 g/mol. The van der Waals surface area contributed by atoms with Crippen LogP contribution in [0.5, 0.6) is 5.75 Å². The molecule has 0 aliphatic carbocycles. The van der Waals surface area contributed by atoms with Crippen LogP contribution in [0.3, 0.4) is 0 Å². The first-order valence-electron chi connectivity index (χ1n) is 3.76. The van der Waals surface area contributed by atoms with Crippen molar-refractivity contribution in [3.8, 4) is 5.75 Å². The molecule has 0 aliphatic heterocycles. The highest BCUT2D eigenvalue weighted by Gasteiger charge is 2.09. The molecule has 0 unspecified atom stereocenters. The molecule has 2 nitrogen and oxygen atoms in total. The van der Waals surface area contributed by atoms with E-state index in [9.17, 15) is 13.6 Å². The second-order valence-electron chi connectivity index (χ2n) is 2.36. The molecule has 0 aliphatic rings. The summed E-state index contributed by atoms with van der Waals surface area (Å²) in [6.45, 7) is 1.90. The van der Waals surface area contributed by atoms with E-state index in [1.165, 1.54) is 0 Å². The first kappa shape index (κ1) is 9.64. The molecule has 4 heteroatoms. The van der Waals surface area contributed by atoms with Crippen LogP contribution in [0.2, 0.25) is 0 Å². The van der Waals surface area contributed by atoms with Crippen molar-refractivity contribution in [2.24, 2.45) is 0 Å². The molecular formula is C9H8F2O2. The summed E-state index contributed by atoms with van der Waals surface area (Å²) < 4.78 is 30.6. The van der Waals surface area contributed by atoms with E-state index in [0.717, 1.165) is 12.1 Å². The summed E-state index contributed by atoms with van der Waals surface area (Å²) in [6.07, 6.45) is 0.258. The number of ether oxygens (including phenoxy) is 1. The molecule has 0 saturated heterocycles. The molecule has 0 radical (unpaired) electrons. The Morgan fingerprint density at radius 3 is 2.62 bits per heavy atom. The summed E-state index contributed by atoms with van der Waals surface area (Å²) in [7, 11) is 0. The van der Waals surface area contributed by atoms with Crippen LogP contribution in [0.1, 0.15) is 17.3 Å². The van der Waals surface area contributed by atoms with E-state index < -0.39 is 11.6 Å². The van der Waals surface area contributed by atoms with Crippen LogP contribution in [-0.4, -0.2) is 12.9 Å². The lowest BCUT2D eigenvalue weighted by Crippen LogP contribution is -1.98. The van der Waals surface area contributed by atoms with Crippen LogP contribution < -0.4 is 4.74 Å². The summed E-state index contributed by atoms with van der Waals surface area (Å²) in [6, 6.07) is 1.68. The van der Waals surface area contributed by atoms with Crippen molar-refractivity contribution in [2.45, 2.75) is 6.92 Å². The van der Waals surface area contributed by atoms with Gasteiger partial charge in [-0.25, -0.2) is 8.78 Å². The molecule has 70 valence electrons. The fourth-order valence-corrected chi connectivity index (χ4v) is 0.900. The van der Waals surface area contributed by atoms with Crippen molar-refractivity contribution >= 4 is 6.29 Å². The van der Waals surface area contributed by atoms with Crippen molar-refractivity contribution in [3.63, 3.8) is 0 Å². The number of carbonyl (C=O) groups excluding carboxylic acids is 1. The average molecular weight is 186 g/mol. The van der Waals surface area contributed by atoms with Gasteiger partial charge >= 0.3 is 0 Å². The normalized spacial score (nSPS) is 9.77. The van der Waals surface area contributed by atoms with Gasteiger partial charge < -0.3 is 4.74 Å². The van der Waals surface area contributed by atoms with Gasteiger partial charge in [-0.1, -0.05) is 0 Å². The molecule has 0 aromatic heterocycles. The van der Waals surface area contributed by atoms with Gasteiger partial charge in [0.2, 0.25) is 0 Å². The second-order valence-corrected chi connectivity index (χ2v) is 2.36. The Labute approximate surface area is 74.1 Å². The lowest BCUT2D eigenvalue weighted by Gasteiger charge is -2.04. The minimum atomic E-state index is -0.778. The van der Waals surface area contributed by atoms with E-state index >= 15 is 0 Å². The highest BCUT2D eigenvalue weighted by molar-refractivity contribution is 5.75. The van der Waals surface area contributed by atoms with Crippen molar-refractivity contribution in [2.75, 3.05) is 6.61 Å². The summed E-state index contributed by atoms with van der Waals surface area (Å²) in [4.78, 5) is 10.2. The zero-order valence-electron chi connectivity index (χ0n) is 7.01. The minimum absolute atomic E-state index is 0.175. The topological polar surface area (TPSA) is 26.3 Å². The molecule has 0 heterocycles. The molecule has 0 atom stereocenters. The summed E-state index contributed by atoms with van der Waals surface area (Å²) in [5.74, 6) is -1.68. The number of hydrogen-bond acceptors (Lipinski definition) is 2. The Kier molecular flexibility index (Phi) is 2.95. The Bertz CT molecular complexity index is 324. The van der Waals surface area contributed by atoms with Gasteiger partial charge in [0.25, 0.3) is 0 Å². The number of halogens is 2. The first-order valence-corrected chi connectivity index (χ1v) is 3.76. The molecule has 0 spiro atoms. The minimum Gasteiger partial charge on any atom is -0.491 e. The summed E-state index contributed by atoms with van der Waals surface area (Å²) in [5.41, 5.74) is -0.305. The molecule has 1 aromatic carbocycles. The van der Waals surface area contributed by atoms with E-state index in [4.69, 9.17) is 4.74 Å². The predicted octanol–water partition coefficient (Wildman–Crippen LogP) is 2.18. The largest absolute Gasteiger partial charge is 0.491 e. The maximum atomic E-state index is 13.0. The van der Waals surface area contributed by atoms with E-state index in [0.29, 0.717) is 0 Å². The van der Waals surface area contributed by atoms with Crippen molar-refractivity contribution in [1.29, 1.82) is 0 Å². The van der Waals surface area contributed by atoms with Crippen LogP contribution in [0.25, 0.3) is 0 Å². The third kappa shape index (κ3) is 2.02. The maximum absolute atomic E-state index is 13.0. The number of benzene rings is 1. The molecule has 1 rings (SSSR count). The quantitative estimate of drug-likeness (QED) is 0.676. The van der Waals surface area contributed by atoms with Crippen molar-refractivity contribution < 1.29 is 18.3 Å². The van der Waals surface area contributed by atoms with Crippen LogP contribution in [0.4, 0.5) is 8.78 Å². The summed E-state index contributed by atoms with van der Waals surface area (Å²) >= 11 is 0. The molecule has 0 fully saturated rings. The van der Waals surface area contributed by atoms with E-state index in [1.807, 2.05) is 0 Å². The smallest absolute Gasteiger partial charge is 0.165 e.